The Morgan fingerprint density at radius 1 is 1.27 bits per heavy atom. The van der Waals surface area contributed by atoms with Crippen molar-refractivity contribution in [1.82, 2.24) is 0 Å². The second-order valence-electron chi connectivity index (χ2n) is 3.30. The molecule has 0 unspecified atom stereocenters. The monoisotopic (exact) mass is 207 g/mol. The standard InChI is InChI=1S/C11H13NO3/c13-9-5-1-2-6-10-7-3-4-8-11(10)12(14)15/h3-4,7-9H,1-2,5-6H2. The molecule has 15 heavy (non-hydrogen) atoms. The predicted octanol–water partition coefficient (Wildman–Crippen LogP) is 2.51. The van der Waals surface area contributed by atoms with E-state index >= 15 is 0 Å². The first-order valence-corrected chi connectivity index (χ1v) is 4.91. The maximum Gasteiger partial charge on any atom is 0.272 e. The van der Waals surface area contributed by atoms with Crippen LogP contribution < -0.4 is 0 Å². The number of aldehydes is 1. The fourth-order valence-corrected chi connectivity index (χ4v) is 1.44. The Bertz CT molecular complexity index is 349. The minimum absolute atomic E-state index is 0.170. The summed E-state index contributed by atoms with van der Waals surface area (Å²) in [6, 6.07) is 6.73. The van der Waals surface area contributed by atoms with Crippen molar-refractivity contribution in [1.29, 1.82) is 0 Å². The molecular formula is C11H13NO3. The largest absolute Gasteiger partial charge is 0.303 e. The first kappa shape index (κ1) is 11.4. The Morgan fingerprint density at radius 3 is 2.67 bits per heavy atom. The highest BCUT2D eigenvalue weighted by Crippen LogP contribution is 2.19. The average molecular weight is 207 g/mol. The summed E-state index contributed by atoms with van der Waals surface area (Å²) in [5.41, 5.74) is 0.914. The van der Waals surface area contributed by atoms with Crippen LogP contribution in [0.3, 0.4) is 0 Å². The molecule has 0 saturated heterocycles. The Balaban J connectivity index is 2.59. The summed E-state index contributed by atoms with van der Waals surface area (Å²) in [5.74, 6) is 0. The van der Waals surface area contributed by atoms with Gasteiger partial charge in [-0.2, -0.15) is 0 Å². The fraction of sp³-hybridized carbons (Fsp3) is 0.364. The number of hydrogen-bond donors (Lipinski definition) is 0. The van der Waals surface area contributed by atoms with Crippen molar-refractivity contribution in [2.75, 3.05) is 0 Å². The van der Waals surface area contributed by atoms with Crippen LogP contribution in [0.15, 0.2) is 24.3 Å². The van der Waals surface area contributed by atoms with Crippen LogP contribution in [0, 0.1) is 10.1 Å². The third kappa shape index (κ3) is 3.50. The van der Waals surface area contributed by atoms with Crippen LogP contribution in [-0.4, -0.2) is 11.2 Å². The predicted molar refractivity (Wildman–Crippen MR) is 56.7 cm³/mol. The zero-order chi connectivity index (χ0) is 11.1. The van der Waals surface area contributed by atoms with E-state index in [0.29, 0.717) is 12.8 Å². The van der Waals surface area contributed by atoms with Gasteiger partial charge < -0.3 is 4.79 Å². The number of carbonyl (C=O) groups excluding carboxylic acids is 1. The first-order chi connectivity index (χ1) is 7.25. The fourth-order valence-electron chi connectivity index (χ4n) is 1.44. The summed E-state index contributed by atoms with van der Waals surface area (Å²) >= 11 is 0. The second-order valence-corrected chi connectivity index (χ2v) is 3.30. The molecule has 0 spiro atoms. The number of rotatable bonds is 6. The van der Waals surface area contributed by atoms with Crippen LogP contribution in [0.25, 0.3) is 0 Å². The number of nitrogens with zero attached hydrogens (tertiary/aromatic N) is 1. The van der Waals surface area contributed by atoms with Gasteiger partial charge in [-0.1, -0.05) is 18.2 Å². The van der Waals surface area contributed by atoms with E-state index in [1.54, 1.807) is 18.2 Å². The number of carbonyl (C=O) groups is 1. The number of nitro groups is 1. The maximum atomic E-state index is 10.7. The number of para-hydroxylation sites is 1. The van der Waals surface area contributed by atoms with E-state index in [0.717, 1.165) is 24.7 Å². The van der Waals surface area contributed by atoms with Crippen LogP contribution in [0.1, 0.15) is 24.8 Å². The number of aryl methyl sites for hydroxylation is 1. The first-order valence-electron chi connectivity index (χ1n) is 4.91. The van der Waals surface area contributed by atoms with Crippen LogP contribution in [0.4, 0.5) is 5.69 Å². The van der Waals surface area contributed by atoms with Crippen molar-refractivity contribution in [3.63, 3.8) is 0 Å². The Morgan fingerprint density at radius 2 is 2.00 bits per heavy atom. The summed E-state index contributed by atoms with van der Waals surface area (Å²) in [5, 5.41) is 10.7. The molecule has 1 rings (SSSR count). The van der Waals surface area contributed by atoms with Gasteiger partial charge in [0.2, 0.25) is 0 Å². The molecule has 0 aliphatic carbocycles. The van der Waals surface area contributed by atoms with Crippen molar-refractivity contribution in [2.45, 2.75) is 25.7 Å². The molecule has 0 aliphatic heterocycles. The normalized spacial score (nSPS) is 9.87. The molecule has 0 aliphatic rings. The molecule has 0 aromatic heterocycles. The van der Waals surface area contributed by atoms with Crippen molar-refractivity contribution in [3.8, 4) is 0 Å². The van der Waals surface area contributed by atoms with Gasteiger partial charge in [-0.3, -0.25) is 10.1 Å². The quantitative estimate of drug-likeness (QED) is 0.311. The minimum Gasteiger partial charge on any atom is -0.303 e. The van der Waals surface area contributed by atoms with Gasteiger partial charge in [0.1, 0.15) is 6.29 Å². The number of unbranched alkanes of at least 4 members (excludes halogenated alkanes) is 2. The Kier molecular flexibility index (Phi) is 4.47. The molecule has 0 radical (unpaired) electrons. The number of benzene rings is 1. The van der Waals surface area contributed by atoms with Gasteiger partial charge in [0.05, 0.1) is 4.92 Å². The summed E-state index contributed by atoms with van der Waals surface area (Å²) in [6.07, 6.45) is 3.66. The molecule has 4 heteroatoms. The molecule has 1 aromatic rings. The third-order valence-electron chi connectivity index (χ3n) is 2.21. The molecule has 0 heterocycles. The smallest absolute Gasteiger partial charge is 0.272 e. The number of hydrogen-bond acceptors (Lipinski definition) is 3. The van der Waals surface area contributed by atoms with E-state index in [2.05, 4.69) is 0 Å². The zero-order valence-electron chi connectivity index (χ0n) is 8.39. The van der Waals surface area contributed by atoms with E-state index in [1.807, 2.05) is 0 Å². The van der Waals surface area contributed by atoms with Crippen LogP contribution >= 0.6 is 0 Å². The van der Waals surface area contributed by atoms with Crippen molar-refractivity contribution >= 4 is 12.0 Å². The Hall–Kier alpha value is -1.71. The molecule has 4 nitrogen and oxygen atoms in total. The highest BCUT2D eigenvalue weighted by Gasteiger charge is 2.10. The Labute approximate surface area is 88.1 Å². The molecule has 0 atom stereocenters. The van der Waals surface area contributed by atoms with Gasteiger partial charge in [-0.05, 0) is 19.3 Å². The van der Waals surface area contributed by atoms with Gasteiger partial charge in [0.15, 0.2) is 0 Å². The average Bonchev–Trinajstić information content (AvgIpc) is 2.25. The van der Waals surface area contributed by atoms with Gasteiger partial charge in [-0.15, -0.1) is 0 Å². The third-order valence-corrected chi connectivity index (χ3v) is 2.21. The van der Waals surface area contributed by atoms with E-state index in [9.17, 15) is 14.9 Å². The van der Waals surface area contributed by atoms with Crippen molar-refractivity contribution in [2.24, 2.45) is 0 Å². The molecule has 80 valence electrons. The summed E-state index contributed by atoms with van der Waals surface area (Å²) in [6.45, 7) is 0. The van der Waals surface area contributed by atoms with E-state index < -0.39 is 0 Å². The maximum absolute atomic E-state index is 10.7. The molecule has 1 aromatic carbocycles. The second kappa shape index (κ2) is 5.90. The molecular weight excluding hydrogens is 194 g/mol. The highest BCUT2D eigenvalue weighted by atomic mass is 16.6. The lowest BCUT2D eigenvalue weighted by Crippen LogP contribution is -1.95. The number of nitro benzene ring substituents is 1. The molecule has 0 fully saturated rings. The zero-order valence-corrected chi connectivity index (χ0v) is 8.39. The lowest BCUT2D eigenvalue weighted by atomic mass is 10.1. The molecule has 0 N–H and O–H groups in total. The van der Waals surface area contributed by atoms with E-state index in [-0.39, 0.29) is 10.6 Å². The van der Waals surface area contributed by atoms with Crippen molar-refractivity contribution < 1.29 is 9.72 Å². The van der Waals surface area contributed by atoms with Gasteiger partial charge in [-0.25, -0.2) is 0 Å². The highest BCUT2D eigenvalue weighted by molar-refractivity contribution is 5.49. The van der Waals surface area contributed by atoms with Crippen LogP contribution in [0.5, 0.6) is 0 Å². The van der Waals surface area contributed by atoms with Gasteiger partial charge in [0, 0.05) is 18.1 Å². The summed E-state index contributed by atoms with van der Waals surface area (Å²) in [4.78, 5) is 20.4. The molecule has 0 saturated carbocycles. The minimum atomic E-state index is -0.366. The van der Waals surface area contributed by atoms with Crippen LogP contribution in [0.2, 0.25) is 0 Å². The van der Waals surface area contributed by atoms with Crippen LogP contribution in [-0.2, 0) is 11.2 Å². The van der Waals surface area contributed by atoms with E-state index in [4.69, 9.17) is 0 Å². The van der Waals surface area contributed by atoms with Crippen molar-refractivity contribution in [3.05, 3.63) is 39.9 Å². The summed E-state index contributed by atoms with van der Waals surface area (Å²) in [7, 11) is 0. The SMILES string of the molecule is O=CCCCCc1ccccc1[N+](=O)[O-]. The summed E-state index contributed by atoms with van der Waals surface area (Å²) < 4.78 is 0. The van der Waals surface area contributed by atoms with Gasteiger partial charge >= 0.3 is 0 Å². The lowest BCUT2D eigenvalue weighted by molar-refractivity contribution is -0.385. The molecule has 0 amide bonds. The lowest BCUT2D eigenvalue weighted by Gasteiger charge is -2.01. The topological polar surface area (TPSA) is 60.2 Å². The molecule has 0 bridgehead atoms. The van der Waals surface area contributed by atoms with E-state index in [1.165, 1.54) is 6.07 Å². The van der Waals surface area contributed by atoms with Gasteiger partial charge in [0.25, 0.3) is 5.69 Å².